The van der Waals surface area contributed by atoms with Crippen molar-refractivity contribution in [3.8, 4) is 0 Å². The number of ketones is 1. The molecule has 1 aliphatic heterocycles. The molecule has 0 spiro atoms. The van der Waals surface area contributed by atoms with Gasteiger partial charge in [0.25, 0.3) is 5.56 Å². The highest BCUT2D eigenvalue weighted by Gasteiger charge is 2.25. The monoisotopic (exact) mass is 433 g/mol. The van der Waals surface area contributed by atoms with Crippen molar-refractivity contribution in [1.29, 1.82) is 0 Å². The molecule has 1 saturated heterocycles. The number of hydrogen-bond acceptors (Lipinski definition) is 6. The average Bonchev–Trinajstić information content (AvgIpc) is 2.70. The molecule has 1 fully saturated rings. The molecule has 0 radical (unpaired) electrons. The fourth-order valence-corrected chi connectivity index (χ4v) is 3.89. The van der Waals surface area contributed by atoms with Crippen molar-refractivity contribution in [2.45, 2.75) is 20.4 Å². The van der Waals surface area contributed by atoms with Crippen molar-refractivity contribution in [3.05, 3.63) is 55.7 Å². The van der Waals surface area contributed by atoms with Crippen LogP contribution < -0.4 is 21.9 Å². The van der Waals surface area contributed by atoms with Gasteiger partial charge >= 0.3 is 5.69 Å². The number of piperazine rings is 1. The second-order valence-corrected chi connectivity index (χ2v) is 8.51. The maximum Gasteiger partial charge on any atom is 0.332 e. The van der Waals surface area contributed by atoms with E-state index in [0.717, 1.165) is 23.3 Å². The Kier molecular flexibility index (Phi) is 6.67. The number of benzene rings is 1. The van der Waals surface area contributed by atoms with Gasteiger partial charge in [-0.1, -0.05) is 31.5 Å². The molecule has 1 aromatic heterocycles. The Hall–Kier alpha value is -2.58. The van der Waals surface area contributed by atoms with Crippen LogP contribution in [0.5, 0.6) is 0 Å². The first-order valence-corrected chi connectivity index (χ1v) is 10.4. The van der Waals surface area contributed by atoms with Gasteiger partial charge in [-0.05, 0) is 24.1 Å². The summed E-state index contributed by atoms with van der Waals surface area (Å²) in [5.41, 5.74) is 5.92. The van der Waals surface area contributed by atoms with Crippen LogP contribution in [0.4, 0.5) is 11.5 Å². The average molecular weight is 434 g/mol. The number of rotatable bonds is 6. The Morgan fingerprint density at radius 1 is 1.17 bits per heavy atom. The molecule has 0 aliphatic carbocycles. The van der Waals surface area contributed by atoms with Crippen molar-refractivity contribution in [2.24, 2.45) is 13.0 Å². The molecule has 1 aromatic carbocycles. The highest BCUT2D eigenvalue weighted by molar-refractivity contribution is 6.30. The van der Waals surface area contributed by atoms with Gasteiger partial charge in [-0.3, -0.25) is 23.6 Å². The molecule has 0 bridgehead atoms. The normalized spacial score (nSPS) is 15.0. The quantitative estimate of drug-likeness (QED) is 0.693. The summed E-state index contributed by atoms with van der Waals surface area (Å²) in [5.74, 6) is -0.258. The molecule has 8 nitrogen and oxygen atoms in total. The lowest BCUT2D eigenvalue weighted by Crippen LogP contribution is -2.49. The number of Topliss-reactive ketones (excluding diaryl/α,β-unsaturated/α-hetero) is 1. The van der Waals surface area contributed by atoms with Crippen LogP contribution in [-0.2, 0) is 13.6 Å². The summed E-state index contributed by atoms with van der Waals surface area (Å²) < 4.78 is 2.28. The van der Waals surface area contributed by atoms with Gasteiger partial charge in [0, 0.05) is 50.5 Å². The Balaban J connectivity index is 1.75. The predicted molar refractivity (Wildman–Crippen MR) is 120 cm³/mol. The highest BCUT2D eigenvalue weighted by Crippen LogP contribution is 2.21. The van der Waals surface area contributed by atoms with E-state index in [4.69, 9.17) is 17.3 Å². The first-order chi connectivity index (χ1) is 14.2. The summed E-state index contributed by atoms with van der Waals surface area (Å²) in [4.78, 5) is 42.2. The molecule has 2 heterocycles. The standard InChI is InChI=1S/C21H28ClN5O3/c1-14(2)12-27-19(23)18(20(29)24(3)21(27)30)17(28)13-25-7-9-26(10-8-25)16-6-4-5-15(22)11-16/h4-6,11,14H,7-10,12-13,23H2,1-3H3. The molecule has 2 N–H and O–H groups in total. The maximum absolute atomic E-state index is 13.0. The highest BCUT2D eigenvalue weighted by atomic mass is 35.5. The van der Waals surface area contributed by atoms with E-state index in [-0.39, 0.29) is 29.6 Å². The van der Waals surface area contributed by atoms with Gasteiger partial charge in [0.2, 0.25) is 0 Å². The molecule has 0 unspecified atom stereocenters. The second-order valence-electron chi connectivity index (χ2n) is 8.08. The smallest absolute Gasteiger partial charge is 0.332 e. The maximum atomic E-state index is 13.0. The van der Waals surface area contributed by atoms with Crippen LogP contribution in [0.3, 0.4) is 0 Å². The van der Waals surface area contributed by atoms with Crippen LogP contribution in [-0.4, -0.2) is 52.5 Å². The number of halogens is 1. The van der Waals surface area contributed by atoms with Crippen LogP contribution in [0, 0.1) is 5.92 Å². The number of carbonyl (C=O) groups is 1. The Bertz CT molecular complexity index is 1050. The first-order valence-electron chi connectivity index (χ1n) is 10.0. The summed E-state index contributed by atoms with van der Waals surface area (Å²) in [6.07, 6.45) is 0. The number of hydrogen-bond donors (Lipinski definition) is 1. The zero-order chi connectivity index (χ0) is 22.0. The number of carbonyl (C=O) groups excluding carboxylic acids is 1. The summed E-state index contributed by atoms with van der Waals surface area (Å²) >= 11 is 6.08. The minimum Gasteiger partial charge on any atom is -0.384 e. The second kappa shape index (κ2) is 9.06. The minimum absolute atomic E-state index is 0.0423. The van der Waals surface area contributed by atoms with Crippen LogP contribution in [0.2, 0.25) is 5.02 Å². The molecule has 0 saturated carbocycles. The fraction of sp³-hybridized carbons (Fsp3) is 0.476. The van der Waals surface area contributed by atoms with Gasteiger partial charge in [-0.15, -0.1) is 0 Å². The molecule has 0 atom stereocenters. The number of aromatic nitrogens is 2. The van der Waals surface area contributed by atoms with Crippen molar-refractivity contribution in [1.82, 2.24) is 14.0 Å². The number of nitrogen functional groups attached to an aromatic ring is 1. The van der Waals surface area contributed by atoms with Gasteiger partial charge in [-0.25, -0.2) is 4.79 Å². The summed E-state index contributed by atoms with van der Waals surface area (Å²) in [6.45, 7) is 7.14. The van der Waals surface area contributed by atoms with Crippen molar-refractivity contribution in [2.75, 3.05) is 43.4 Å². The van der Waals surface area contributed by atoms with Crippen LogP contribution in [0.1, 0.15) is 24.2 Å². The lowest BCUT2D eigenvalue weighted by atomic mass is 10.1. The first kappa shape index (κ1) is 22.1. The Morgan fingerprint density at radius 3 is 2.43 bits per heavy atom. The van der Waals surface area contributed by atoms with Crippen molar-refractivity contribution in [3.63, 3.8) is 0 Å². The van der Waals surface area contributed by atoms with Crippen LogP contribution in [0.15, 0.2) is 33.9 Å². The van der Waals surface area contributed by atoms with E-state index in [9.17, 15) is 14.4 Å². The van der Waals surface area contributed by atoms with E-state index in [1.54, 1.807) is 0 Å². The summed E-state index contributed by atoms with van der Waals surface area (Å²) in [5, 5.41) is 0.688. The zero-order valence-electron chi connectivity index (χ0n) is 17.6. The van der Waals surface area contributed by atoms with E-state index >= 15 is 0 Å². The van der Waals surface area contributed by atoms with Crippen LogP contribution in [0.25, 0.3) is 0 Å². The predicted octanol–water partition coefficient (Wildman–Crippen LogP) is 1.44. The minimum atomic E-state index is -0.639. The van der Waals surface area contributed by atoms with Gasteiger partial charge in [0.15, 0.2) is 5.78 Å². The number of nitrogens with two attached hydrogens (primary N) is 1. The molecule has 162 valence electrons. The molecular weight excluding hydrogens is 406 g/mol. The molecule has 3 rings (SSSR count). The summed E-state index contributed by atoms with van der Waals surface area (Å²) in [6, 6.07) is 7.68. The third kappa shape index (κ3) is 4.60. The van der Waals surface area contributed by atoms with Crippen molar-refractivity contribution < 1.29 is 4.79 Å². The van der Waals surface area contributed by atoms with Gasteiger partial charge in [0.1, 0.15) is 11.4 Å². The van der Waals surface area contributed by atoms with Gasteiger partial charge in [0.05, 0.1) is 6.54 Å². The van der Waals surface area contributed by atoms with E-state index < -0.39 is 11.2 Å². The van der Waals surface area contributed by atoms with Gasteiger partial charge < -0.3 is 10.6 Å². The molecular formula is C21H28ClN5O3. The largest absolute Gasteiger partial charge is 0.384 e. The van der Waals surface area contributed by atoms with E-state index in [1.165, 1.54) is 11.6 Å². The Labute approximate surface area is 180 Å². The third-order valence-electron chi connectivity index (χ3n) is 5.32. The number of nitrogens with zero attached hydrogens (tertiary/aromatic N) is 4. The molecule has 0 amide bonds. The van der Waals surface area contributed by atoms with E-state index in [0.29, 0.717) is 24.7 Å². The van der Waals surface area contributed by atoms with E-state index in [1.807, 2.05) is 43.0 Å². The topological polar surface area (TPSA) is 93.6 Å². The number of anilines is 2. The molecule has 2 aromatic rings. The SMILES string of the molecule is CC(C)Cn1c(N)c(C(=O)CN2CCN(c3cccc(Cl)c3)CC2)c(=O)n(C)c1=O. The molecule has 9 heteroatoms. The molecule has 30 heavy (non-hydrogen) atoms. The van der Waals surface area contributed by atoms with Crippen molar-refractivity contribution >= 4 is 28.9 Å². The Morgan fingerprint density at radius 2 is 1.83 bits per heavy atom. The summed E-state index contributed by atoms with van der Waals surface area (Å²) in [7, 11) is 1.38. The fourth-order valence-electron chi connectivity index (χ4n) is 3.71. The van der Waals surface area contributed by atoms with Crippen LogP contribution >= 0.6 is 11.6 Å². The third-order valence-corrected chi connectivity index (χ3v) is 5.56. The van der Waals surface area contributed by atoms with Gasteiger partial charge in [-0.2, -0.15) is 0 Å². The lowest BCUT2D eigenvalue weighted by molar-refractivity contribution is 0.0924. The lowest BCUT2D eigenvalue weighted by Gasteiger charge is -2.35. The zero-order valence-corrected chi connectivity index (χ0v) is 18.4. The molecule has 1 aliphatic rings. The van der Waals surface area contributed by atoms with E-state index in [2.05, 4.69) is 4.90 Å².